The first-order valence-corrected chi connectivity index (χ1v) is 4.91. The van der Waals surface area contributed by atoms with Gasteiger partial charge in [-0.2, -0.15) is 9.97 Å². The Balaban J connectivity index is 3.08. The first kappa shape index (κ1) is 11.6. The van der Waals surface area contributed by atoms with Crippen LogP contribution in [0.1, 0.15) is 6.92 Å². The van der Waals surface area contributed by atoms with Crippen LogP contribution in [0.15, 0.2) is 6.07 Å². The van der Waals surface area contributed by atoms with E-state index in [0.29, 0.717) is 12.6 Å². The zero-order chi connectivity index (χ0) is 11.4. The van der Waals surface area contributed by atoms with Gasteiger partial charge in [-0.05, 0) is 6.92 Å². The molecule has 84 valence electrons. The molecule has 0 atom stereocenters. The molecule has 0 N–H and O–H groups in total. The van der Waals surface area contributed by atoms with E-state index in [0.717, 1.165) is 11.6 Å². The first-order valence-electron chi connectivity index (χ1n) is 4.91. The van der Waals surface area contributed by atoms with E-state index in [-0.39, 0.29) is 0 Å². The molecule has 15 heavy (non-hydrogen) atoms. The summed E-state index contributed by atoms with van der Waals surface area (Å²) in [4.78, 5) is 12.4. The van der Waals surface area contributed by atoms with Crippen LogP contribution in [0, 0.1) is 0 Å². The van der Waals surface area contributed by atoms with Crippen molar-refractivity contribution in [2.75, 3.05) is 44.6 Å². The van der Waals surface area contributed by atoms with Crippen molar-refractivity contribution in [3.05, 3.63) is 6.07 Å². The molecule has 0 saturated heterocycles. The predicted molar refractivity (Wildman–Crippen MR) is 61.9 cm³/mol. The molecule has 1 heterocycles. The van der Waals surface area contributed by atoms with E-state index in [4.69, 9.17) is 4.74 Å². The highest BCUT2D eigenvalue weighted by Crippen LogP contribution is 2.19. The van der Waals surface area contributed by atoms with Crippen molar-refractivity contribution < 1.29 is 4.74 Å². The van der Waals surface area contributed by atoms with Crippen molar-refractivity contribution in [1.82, 2.24) is 9.97 Å². The van der Waals surface area contributed by atoms with Crippen molar-refractivity contribution in [3.63, 3.8) is 0 Å². The fourth-order valence-electron chi connectivity index (χ4n) is 1.05. The third-order valence-corrected chi connectivity index (χ3v) is 1.87. The maximum Gasteiger partial charge on any atom is 0.320 e. The molecule has 0 saturated carbocycles. The minimum absolute atomic E-state index is 0.424. The lowest BCUT2D eigenvalue weighted by atomic mass is 10.5. The molecule has 0 amide bonds. The molecule has 1 aromatic rings. The fourth-order valence-corrected chi connectivity index (χ4v) is 1.05. The Hall–Kier alpha value is -1.52. The maximum atomic E-state index is 5.31. The molecule has 0 bridgehead atoms. The summed E-state index contributed by atoms with van der Waals surface area (Å²) in [5, 5.41) is 0. The quantitative estimate of drug-likeness (QED) is 0.741. The smallest absolute Gasteiger partial charge is 0.320 e. The normalized spacial score (nSPS) is 9.93. The van der Waals surface area contributed by atoms with Crippen LogP contribution in [0.5, 0.6) is 6.01 Å². The van der Waals surface area contributed by atoms with Gasteiger partial charge in [-0.25, -0.2) is 0 Å². The summed E-state index contributed by atoms with van der Waals surface area (Å²) >= 11 is 0. The average molecular weight is 210 g/mol. The number of nitrogens with zero attached hydrogens (tertiary/aromatic N) is 4. The van der Waals surface area contributed by atoms with E-state index >= 15 is 0 Å². The van der Waals surface area contributed by atoms with Gasteiger partial charge in [0.1, 0.15) is 11.6 Å². The maximum absolute atomic E-state index is 5.31. The molecule has 0 aliphatic heterocycles. The Bertz CT molecular complexity index is 299. The first-order chi connectivity index (χ1) is 7.04. The standard InChI is InChI=1S/C10H18N4O/c1-6-15-10-11-8(13(2)3)7-9(12-10)14(4)5/h7H,6H2,1-5H3. The van der Waals surface area contributed by atoms with Crippen molar-refractivity contribution in [2.45, 2.75) is 6.92 Å². The predicted octanol–water partition coefficient (Wildman–Crippen LogP) is 1.01. The second kappa shape index (κ2) is 4.82. The zero-order valence-corrected chi connectivity index (χ0v) is 9.98. The van der Waals surface area contributed by atoms with E-state index < -0.39 is 0 Å². The molecule has 0 fully saturated rings. The second-order valence-corrected chi connectivity index (χ2v) is 3.59. The Morgan fingerprint density at radius 2 is 1.53 bits per heavy atom. The summed E-state index contributed by atoms with van der Waals surface area (Å²) in [7, 11) is 7.77. The van der Waals surface area contributed by atoms with Crippen LogP contribution in [0.4, 0.5) is 11.6 Å². The van der Waals surface area contributed by atoms with Gasteiger partial charge in [-0.3, -0.25) is 0 Å². The highest BCUT2D eigenvalue weighted by atomic mass is 16.5. The molecular weight excluding hydrogens is 192 g/mol. The number of hydrogen-bond donors (Lipinski definition) is 0. The summed E-state index contributed by atoms with van der Waals surface area (Å²) < 4.78 is 5.31. The largest absolute Gasteiger partial charge is 0.464 e. The molecule has 0 radical (unpaired) electrons. The number of hydrogen-bond acceptors (Lipinski definition) is 5. The van der Waals surface area contributed by atoms with Crippen LogP contribution in [-0.2, 0) is 0 Å². The van der Waals surface area contributed by atoms with E-state index in [2.05, 4.69) is 9.97 Å². The molecule has 0 aliphatic carbocycles. The van der Waals surface area contributed by atoms with Crippen LogP contribution < -0.4 is 14.5 Å². The second-order valence-electron chi connectivity index (χ2n) is 3.59. The molecule has 1 aromatic heterocycles. The summed E-state index contributed by atoms with van der Waals surface area (Å²) in [6.07, 6.45) is 0. The lowest BCUT2D eigenvalue weighted by Gasteiger charge is -2.17. The fraction of sp³-hybridized carbons (Fsp3) is 0.600. The van der Waals surface area contributed by atoms with E-state index in [9.17, 15) is 0 Å². The van der Waals surface area contributed by atoms with Gasteiger partial charge < -0.3 is 14.5 Å². The summed E-state index contributed by atoms with van der Waals surface area (Å²) in [5.74, 6) is 1.69. The number of ether oxygens (including phenoxy) is 1. The minimum atomic E-state index is 0.424. The van der Waals surface area contributed by atoms with Gasteiger partial charge in [0.2, 0.25) is 0 Å². The van der Waals surface area contributed by atoms with Crippen molar-refractivity contribution in [1.29, 1.82) is 0 Å². The Morgan fingerprint density at radius 3 is 1.87 bits per heavy atom. The third-order valence-electron chi connectivity index (χ3n) is 1.87. The Morgan fingerprint density at radius 1 is 1.07 bits per heavy atom. The molecule has 0 aromatic carbocycles. The lowest BCUT2D eigenvalue weighted by molar-refractivity contribution is 0.313. The summed E-state index contributed by atoms with van der Waals surface area (Å²) in [6, 6.07) is 2.34. The Labute approximate surface area is 90.7 Å². The van der Waals surface area contributed by atoms with E-state index in [1.807, 2.05) is 51.0 Å². The number of aromatic nitrogens is 2. The molecular formula is C10H18N4O. The van der Waals surface area contributed by atoms with Crippen LogP contribution in [-0.4, -0.2) is 44.8 Å². The lowest BCUT2D eigenvalue weighted by Crippen LogP contribution is -2.16. The minimum Gasteiger partial charge on any atom is -0.464 e. The van der Waals surface area contributed by atoms with Gasteiger partial charge in [-0.15, -0.1) is 0 Å². The zero-order valence-electron chi connectivity index (χ0n) is 9.98. The van der Waals surface area contributed by atoms with Crippen LogP contribution in [0.25, 0.3) is 0 Å². The highest BCUT2D eigenvalue weighted by molar-refractivity contribution is 5.50. The van der Waals surface area contributed by atoms with Gasteiger partial charge in [0.15, 0.2) is 0 Å². The highest BCUT2D eigenvalue weighted by Gasteiger charge is 2.07. The van der Waals surface area contributed by atoms with E-state index in [1.54, 1.807) is 0 Å². The van der Waals surface area contributed by atoms with Crippen LogP contribution >= 0.6 is 0 Å². The van der Waals surface area contributed by atoms with Crippen LogP contribution in [0.3, 0.4) is 0 Å². The monoisotopic (exact) mass is 210 g/mol. The number of anilines is 2. The molecule has 0 unspecified atom stereocenters. The average Bonchev–Trinajstić information content (AvgIpc) is 2.17. The van der Waals surface area contributed by atoms with Gasteiger partial charge in [0.05, 0.1) is 6.61 Å². The molecule has 5 heteroatoms. The van der Waals surface area contributed by atoms with E-state index in [1.165, 1.54) is 0 Å². The van der Waals surface area contributed by atoms with Crippen molar-refractivity contribution in [2.24, 2.45) is 0 Å². The molecule has 0 aliphatic rings. The summed E-state index contributed by atoms with van der Waals surface area (Å²) in [5.41, 5.74) is 0. The van der Waals surface area contributed by atoms with Gasteiger partial charge in [-0.1, -0.05) is 0 Å². The van der Waals surface area contributed by atoms with Gasteiger partial charge in [0, 0.05) is 34.3 Å². The van der Waals surface area contributed by atoms with Crippen LogP contribution in [0.2, 0.25) is 0 Å². The molecule has 5 nitrogen and oxygen atoms in total. The van der Waals surface area contributed by atoms with Crippen molar-refractivity contribution >= 4 is 11.6 Å². The molecule has 1 rings (SSSR count). The molecule has 0 spiro atoms. The Kier molecular flexibility index (Phi) is 3.71. The summed E-state index contributed by atoms with van der Waals surface area (Å²) in [6.45, 7) is 2.49. The number of rotatable bonds is 4. The van der Waals surface area contributed by atoms with Crippen molar-refractivity contribution in [3.8, 4) is 6.01 Å². The SMILES string of the molecule is CCOc1nc(N(C)C)cc(N(C)C)n1. The van der Waals surface area contributed by atoms with Gasteiger partial charge in [0.25, 0.3) is 0 Å². The topological polar surface area (TPSA) is 41.5 Å². The third kappa shape index (κ3) is 2.97. The van der Waals surface area contributed by atoms with Gasteiger partial charge >= 0.3 is 6.01 Å².